The van der Waals surface area contributed by atoms with Crippen molar-refractivity contribution in [3.63, 3.8) is 0 Å². The number of fused-ring (bicyclic) bond motifs is 3. The lowest BCUT2D eigenvalue weighted by Crippen LogP contribution is -2.50. The highest BCUT2D eigenvalue weighted by Gasteiger charge is 2.54. The monoisotopic (exact) mass is 399 g/mol. The van der Waals surface area contributed by atoms with Gasteiger partial charge in [-0.15, -0.1) is 11.3 Å². The Balaban J connectivity index is 1.78. The summed E-state index contributed by atoms with van der Waals surface area (Å²) in [6, 6.07) is 6.99. The van der Waals surface area contributed by atoms with Gasteiger partial charge in [-0.05, 0) is 37.1 Å². The maximum atomic E-state index is 11.2. The molecule has 0 saturated heterocycles. The van der Waals surface area contributed by atoms with Crippen molar-refractivity contribution < 1.29 is 14.7 Å². The van der Waals surface area contributed by atoms with Crippen molar-refractivity contribution in [3.8, 4) is 0 Å². The lowest BCUT2D eigenvalue weighted by Gasteiger charge is -2.43. The van der Waals surface area contributed by atoms with E-state index in [2.05, 4.69) is 37.8 Å². The van der Waals surface area contributed by atoms with Gasteiger partial charge in [0.15, 0.2) is 5.13 Å². The van der Waals surface area contributed by atoms with Gasteiger partial charge in [0.05, 0.1) is 5.56 Å². The molecule has 1 unspecified atom stereocenters. The molecule has 1 aliphatic carbocycles. The smallest absolute Gasteiger partial charge is 0.335 e. The van der Waals surface area contributed by atoms with E-state index in [-0.39, 0.29) is 11.0 Å². The van der Waals surface area contributed by atoms with E-state index in [9.17, 15) is 9.90 Å². The highest BCUT2D eigenvalue weighted by atomic mass is 32.1. The molecule has 1 aliphatic heterocycles. The van der Waals surface area contributed by atoms with Gasteiger partial charge in [-0.25, -0.2) is 9.78 Å². The summed E-state index contributed by atoms with van der Waals surface area (Å²) in [5.74, 6) is -0.504. The molecule has 2 heterocycles. The van der Waals surface area contributed by atoms with Crippen molar-refractivity contribution in [2.24, 2.45) is 11.1 Å². The Bertz CT molecular complexity index is 962. The summed E-state index contributed by atoms with van der Waals surface area (Å²) in [6.07, 6.45) is 0.871. The predicted molar refractivity (Wildman–Crippen MR) is 111 cm³/mol. The maximum absolute atomic E-state index is 11.2. The summed E-state index contributed by atoms with van der Waals surface area (Å²) in [7, 11) is 0. The summed E-state index contributed by atoms with van der Waals surface area (Å²) in [4.78, 5) is 25.2. The number of hydrogen-bond acceptors (Lipinski definition) is 6. The summed E-state index contributed by atoms with van der Waals surface area (Å²) >= 11 is 1.70. The molecule has 1 aromatic heterocycles. The van der Waals surface area contributed by atoms with E-state index in [0.29, 0.717) is 5.92 Å². The van der Waals surface area contributed by atoms with E-state index < -0.39 is 11.6 Å². The highest BCUT2D eigenvalue weighted by molar-refractivity contribution is 7.16. The van der Waals surface area contributed by atoms with Crippen LogP contribution in [0.25, 0.3) is 0 Å². The van der Waals surface area contributed by atoms with Crippen LogP contribution in [0.15, 0.2) is 29.4 Å². The number of benzene rings is 1. The quantitative estimate of drug-likeness (QED) is 0.772. The number of rotatable bonds is 5. The second kappa shape index (κ2) is 6.30. The van der Waals surface area contributed by atoms with E-state index in [1.54, 1.807) is 23.5 Å². The summed E-state index contributed by atoms with van der Waals surface area (Å²) in [5, 5.41) is 14.3. The standard InChI is InChI=1S/C21H25N3O3S/c1-12(2)11-24(14-8-6-13(7-9-14)18(25)26)19-22-16-17(28-19)20(3,4)10-15-21(16,5)27-23-15/h6-9,12H,10-11H2,1-5H3,(H,25,26). The Morgan fingerprint density at radius 3 is 2.50 bits per heavy atom. The van der Waals surface area contributed by atoms with Crippen LogP contribution in [0.1, 0.15) is 62.0 Å². The third-order valence-corrected chi connectivity index (χ3v) is 6.83. The number of thiazole rings is 1. The van der Waals surface area contributed by atoms with Crippen LogP contribution >= 0.6 is 11.3 Å². The zero-order chi connectivity index (χ0) is 20.3. The van der Waals surface area contributed by atoms with Crippen LogP contribution in [0.3, 0.4) is 0 Å². The molecule has 2 aliphatic rings. The second-order valence-corrected chi connectivity index (χ2v) is 9.73. The average Bonchev–Trinajstić information content (AvgIpc) is 3.08. The van der Waals surface area contributed by atoms with Crippen LogP contribution < -0.4 is 4.90 Å². The number of carboxylic acids is 1. The van der Waals surface area contributed by atoms with Crippen LogP contribution in [0.5, 0.6) is 0 Å². The molecule has 7 heteroatoms. The number of carboxylic acid groups (broad SMARTS) is 1. The number of hydrogen-bond donors (Lipinski definition) is 1. The third-order valence-electron chi connectivity index (χ3n) is 5.39. The minimum atomic E-state index is -0.921. The lowest BCUT2D eigenvalue weighted by atomic mass is 9.71. The van der Waals surface area contributed by atoms with Gasteiger partial charge in [-0.2, -0.15) is 0 Å². The Morgan fingerprint density at radius 2 is 1.96 bits per heavy atom. The largest absolute Gasteiger partial charge is 0.478 e. The zero-order valence-corrected chi connectivity index (χ0v) is 17.6. The highest BCUT2D eigenvalue weighted by Crippen LogP contribution is 2.52. The maximum Gasteiger partial charge on any atom is 0.335 e. The van der Waals surface area contributed by atoms with E-state index >= 15 is 0 Å². The van der Waals surface area contributed by atoms with E-state index in [4.69, 9.17) is 9.82 Å². The van der Waals surface area contributed by atoms with Gasteiger partial charge in [-0.3, -0.25) is 0 Å². The fraction of sp³-hybridized carbons (Fsp3) is 0.476. The molecular formula is C21H25N3O3S. The first-order valence-electron chi connectivity index (χ1n) is 9.50. The first-order valence-corrected chi connectivity index (χ1v) is 10.3. The zero-order valence-electron chi connectivity index (χ0n) is 16.8. The molecule has 0 saturated carbocycles. The van der Waals surface area contributed by atoms with Crippen molar-refractivity contribution >= 4 is 33.8 Å². The lowest BCUT2D eigenvalue weighted by molar-refractivity contribution is -0.0355. The average molecular weight is 400 g/mol. The molecule has 0 radical (unpaired) electrons. The first kappa shape index (κ1) is 18.9. The normalized spacial score (nSPS) is 21.9. The molecule has 1 atom stereocenters. The van der Waals surface area contributed by atoms with Crippen molar-refractivity contribution in [2.75, 3.05) is 11.4 Å². The van der Waals surface area contributed by atoms with E-state index in [1.807, 2.05) is 19.1 Å². The number of aromatic nitrogens is 1. The van der Waals surface area contributed by atoms with Gasteiger partial charge in [0.1, 0.15) is 11.4 Å². The topological polar surface area (TPSA) is 75.0 Å². The van der Waals surface area contributed by atoms with Gasteiger partial charge in [0.25, 0.3) is 0 Å². The molecule has 1 N–H and O–H groups in total. The van der Waals surface area contributed by atoms with Crippen molar-refractivity contribution in [3.05, 3.63) is 40.4 Å². The third kappa shape index (κ3) is 2.89. The molecule has 0 bridgehead atoms. The minimum Gasteiger partial charge on any atom is -0.478 e. The van der Waals surface area contributed by atoms with Crippen LogP contribution in [-0.2, 0) is 15.9 Å². The summed E-state index contributed by atoms with van der Waals surface area (Å²) < 4.78 is 0. The molecule has 1 aromatic carbocycles. The number of anilines is 2. The molecule has 148 valence electrons. The molecule has 28 heavy (non-hydrogen) atoms. The van der Waals surface area contributed by atoms with Crippen LogP contribution in [0.2, 0.25) is 0 Å². The predicted octanol–water partition coefficient (Wildman–Crippen LogP) is 4.92. The number of aromatic carboxylic acids is 1. The molecule has 0 fully saturated rings. The molecule has 0 amide bonds. The molecule has 4 rings (SSSR count). The van der Waals surface area contributed by atoms with Crippen LogP contribution in [0.4, 0.5) is 10.8 Å². The molecule has 6 nitrogen and oxygen atoms in total. The van der Waals surface area contributed by atoms with E-state index in [1.165, 1.54) is 4.88 Å². The van der Waals surface area contributed by atoms with Crippen LogP contribution in [-0.4, -0.2) is 28.3 Å². The fourth-order valence-electron chi connectivity index (χ4n) is 3.78. The minimum absolute atomic E-state index is 0.0377. The Hall–Kier alpha value is -2.41. The van der Waals surface area contributed by atoms with Gasteiger partial charge in [0, 0.05) is 28.9 Å². The number of carbonyl (C=O) groups is 1. The van der Waals surface area contributed by atoms with E-state index in [0.717, 1.165) is 35.2 Å². The first-order chi connectivity index (χ1) is 13.1. The van der Waals surface area contributed by atoms with Gasteiger partial charge in [0.2, 0.25) is 5.60 Å². The molecular weight excluding hydrogens is 374 g/mol. The number of oxime groups is 1. The SMILES string of the molecule is CC(C)CN(c1ccc(C(=O)O)cc1)c1nc2c(s1)C(C)(C)CC1=NOC12C. The second-order valence-electron chi connectivity index (χ2n) is 8.75. The van der Waals surface area contributed by atoms with Crippen molar-refractivity contribution in [1.29, 1.82) is 0 Å². The molecule has 2 aromatic rings. The van der Waals surface area contributed by atoms with Gasteiger partial charge >= 0.3 is 5.97 Å². The Kier molecular flexibility index (Phi) is 4.26. The Labute approximate surface area is 168 Å². The Morgan fingerprint density at radius 1 is 1.29 bits per heavy atom. The molecule has 0 spiro atoms. The van der Waals surface area contributed by atoms with Crippen molar-refractivity contribution in [2.45, 2.75) is 52.1 Å². The van der Waals surface area contributed by atoms with Gasteiger partial charge < -0.3 is 14.8 Å². The number of nitrogens with zero attached hydrogens (tertiary/aromatic N) is 3. The fourth-order valence-corrected chi connectivity index (χ4v) is 5.07. The summed E-state index contributed by atoms with van der Waals surface area (Å²) in [6.45, 7) is 11.6. The van der Waals surface area contributed by atoms with Gasteiger partial charge in [-0.1, -0.05) is 32.9 Å². The van der Waals surface area contributed by atoms with Crippen molar-refractivity contribution in [1.82, 2.24) is 4.98 Å². The van der Waals surface area contributed by atoms with Crippen LogP contribution in [0, 0.1) is 5.92 Å². The summed E-state index contributed by atoms with van der Waals surface area (Å²) in [5.41, 5.74) is 2.69.